The zero-order chi connectivity index (χ0) is 25.3. The molecule has 0 unspecified atom stereocenters. The fourth-order valence-electron chi connectivity index (χ4n) is 3.01. The van der Waals surface area contributed by atoms with E-state index in [1.54, 1.807) is 20.8 Å². The Bertz CT molecular complexity index is 1220. The predicted molar refractivity (Wildman–Crippen MR) is 112 cm³/mol. The van der Waals surface area contributed by atoms with Crippen LogP contribution in [0.1, 0.15) is 37.9 Å². The molecule has 0 aliphatic rings. The maximum Gasteiger partial charge on any atom is 0.435 e. The molecule has 1 N–H and O–H groups in total. The average molecular weight is 482 g/mol. The molecular formula is C21H22F4N6O3. The molecule has 0 aliphatic carbocycles. The minimum atomic E-state index is -4.63. The van der Waals surface area contributed by atoms with Gasteiger partial charge in [0.15, 0.2) is 17.3 Å². The summed E-state index contributed by atoms with van der Waals surface area (Å²) in [6.45, 7) is 6.02. The van der Waals surface area contributed by atoms with Crippen LogP contribution in [-0.2, 0) is 32.5 Å². The van der Waals surface area contributed by atoms with Gasteiger partial charge in [-0.2, -0.15) is 18.3 Å². The first-order chi connectivity index (χ1) is 15.8. The fourth-order valence-corrected chi connectivity index (χ4v) is 3.01. The van der Waals surface area contributed by atoms with Crippen molar-refractivity contribution in [2.45, 2.75) is 45.8 Å². The maximum absolute atomic E-state index is 14.7. The third-order valence-electron chi connectivity index (χ3n) is 4.92. The van der Waals surface area contributed by atoms with Gasteiger partial charge in [0.2, 0.25) is 5.91 Å². The Morgan fingerprint density at radius 1 is 1.15 bits per heavy atom. The summed E-state index contributed by atoms with van der Waals surface area (Å²) >= 11 is 0. The van der Waals surface area contributed by atoms with E-state index in [1.807, 2.05) is 0 Å². The van der Waals surface area contributed by atoms with Gasteiger partial charge in [0, 0.05) is 18.0 Å². The van der Waals surface area contributed by atoms with Crippen LogP contribution in [0.2, 0.25) is 0 Å². The number of imidazole rings is 1. The third kappa shape index (κ3) is 5.24. The SMILES string of the molecule is CCOC(=O)C(C)(C)c1cn(-c2ncc(NC(=O)Cn3nc(C(F)(F)F)cc3C)cc2F)cn1. The van der Waals surface area contributed by atoms with Crippen molar-refractivity contribution in [2.75, 3.05) is 11.9 Å². The molecular weight excluding hydrogens is 460 g/mol. The molecule has 0 aromatic carbocycles. The lowest BCUT2D eigenvalue weighted by Gasteiger charge is -2.19. The molecule has 34 heavy (non-hydrogen) atoms. The normalized spacial score (nSPS) is 12.0. The topological polar surface area (TPSA) is 104 Å². The molecule has 1 amide bonds. The van der Waals surface area contributed by atoms with Crippen LogP contribution in [0, 0.1) is 12.7 Å². The third-order valence-corrected chi connectivity index (χ3v) is 4.92. The van der Waals surface area contributed by atoms with Crippen LogP contribution in [0.25, 0.3) is 5.82 Å². The zero-order valence-corrected chi connectivity index (χ0v) is 18.8. The number of rotatable bonds is 7. The highest BCUT2D eigenvalue weighted by atomic mass is 19.4. The van der Waals surface area contributed by atoms with Gasteiger partial charge in [-0.1, -0.05) is 0 Å². The van der Waals surface area contributed by atoms with E-state index in [9.17, 15) is 27.2 Å². The fraction of sp³-hybridized carbons (Fsp3) is 0.381. The molecule has 9 nitrogen and oxygen atoms in total. The van der Waals surface area contributed by atoms with Crippen molar-refractivity contribution in [1.29, 1.82) is 0 Å². The molecule has 0 saturated heterocycles. The number of nitrogens with one attached hydrogen (secondary N) is 1. The summed E-state index contributed by atoms with van der Waals surface area (Å²) in [5.41, 5.74) is -1.69. The maximum atomic E-state index is 14.7. The molecule has 3 aromatic rings. The van der Waals surface area contributed by atoms with Crippen molar-refractivity contribution in [3.63, 3.8) is 0 Å². The van der Waals surface area contributed by atoms with E-state index in [1.165, 1.54) is 30.2 Å². The van der Waals surface area contributed by atoms with Gasteiger partial charge in [0.05, 0.1) is 24.2 Å². The second-order valence-corrected chi connectivity index (χ2v) is 7.92. The van der Waals surface area contributed by atoms with Gasteiger partial charge in [-0.05, 0) is 33.8 Å². The van der Waals surface area contributed by atoms with Crippen LogP contribution in [-0.4, -0.2) is 42.8 Å². The lowest BCUT2D eigenvalue weighted by Crippen LogP contribution is -2.31. The highest BCUT2D eigenvalue weighted by Gasteiger charge is 2.35. The highest BCUT2D eigenvalue weighted by molar-refractivity contribution is 5.90. The molecule has 182 valence electrons. The number of esters is 1. The number of aromatic nitrogens is 5. The molecule has 0 spiro atoms. The number of anilines is 1. The lowest BCUT2D eigenvalue weighted by molar-refractivity contribution is -0.149. The van der Waals surface area contributed by atoms with E-state index >= 15 is 0 Å². The van der Waals surface area contributed by atoms with E-state index < -0.39 is 41.5 Å². The first-order valence-corrected chi connectivity index (χ1v) is 10.1. The number of ether oxygens (including phenoxy) is 1. The van der Waals surface area contributed by atoms with Crippen molar-refractivity contribution in [1.82, 2.24) is 24.3 Å². The van der Waals surface area contributed by atoms with E-state index in [0.29, 0.717) is 5.69 Å². The Kier molecular flexibility index (Phi) is 6.75. The lowest BCUT2D eigenvalue weighted by atomic mass is 9.90. The standard InChI is InChI=1S/C21H22F4N6O3/c1-5-34-19(33)20(3,4)16-9-30(11-27-16)18-14(22)7-13(8-26-18)28-17(32)10-31-12(2)6-15(29-31)21(23,24)25/h6-9,11H,5,10H2,1-4H3,(H,28,32). The number of alkyl halides is 3. The number of hydrogen-bond acceptors (Lipinski definition) is 6. The van der Waals surface area contributed by atoms with Gasteiger partial charge < -0.3 is 10.1 Å². The summed E-state index contributed by atoms with van der Waals surface area (Å²) in [5, 5.41) is 5.75. The minimum absolute atomic E-state index is 0.000652. The molecule has 3 heterocycles. The summed E-state index contributed by atoms with van der Waals surface area (Å²) in [6, 6.07) is 1.83. The molecule has 0 aliphatic heterocycles. The predicted octanol–water partition coefficient (Wildman–Crippen LogP) is 3.41. The van der Waals surface area contributed by atoms with Crippen LogP contribution in [0.5, 0.6) is 0 Å². The quantitative estimate of drug-likeness (QED) is 0.409. The number of amides is 1. The van der Waals surface area contributed by atoms with Gasteiger partial charge in [0.1, 0.15) is 18.3 Å². The second kappa shape index (κ2) is 9.23. The number of halogens is 4. The zero-order valence-electron chi connectivity index (χ0n) is 18.8. The van der Waals surface area contributed by atoms with E-state index in [-0.39, 0.29) is 23.8 Å². The number of carbonyl (C=O) groups is 2. The molecule has 0 fully saturated rings. The van der Waals surface area contributed by atoms with Crippen LogP contribution in [0.3, 0.4) is 0 Å². The Hall–Kier alpha value is -3.77. The molecule has 0 saturated carbocycles. The van der Waals surface area contributed by atoms with Crippen molar-refractivity contribution >= 4 is 17.6 Å². The van der Waals surface area contributed by atoms with Crippen LogP contribution < -0.4 is 5.32 Å². The van der Waals surface area contributed by atoms with Crippen LogP contribution in [0.15, 0.2) is 30.9 Å². The Morgan fingerprint density at radius 2 is 1.85 bits per heavy atom. The number of hydrogen-bond donors (Lipinski definition) is 1. The molecule has 3 rings (SSSR count). The van der Waals surface area contributed by atoms with Crippen LogP contribution >= 0.6 is 0 Å². The Balaban J connectivity index is 1.73. The summed E-state index contributed by atoms with van der Waals surface area (Å²) in [4.78, 5) is 32.5. The van der Waals surface area contributed by atoms with Crippen molar-refractivity contribution in [3.05, 3.63) is 53.8 Å². The average Bonchev–Trinajstić information content (AvgIpc) is 3.36. The Morgan fingerprint density at radius 3 is 2.44 bits per heavy atom. The minimum Gasteiger partial charge on any atom is -0.465 e. The first kappa shape index (κ1) is 24.9. The van der Waals surface area contributed by atoms with E-state index in [4.69, 9.17) is 4.74 Å². The summed E-state index contributed by atoms with van der Waals surface area (Å²) < 4.78 is 60.2. The number of pyridine rings is 1. The van der Waals surface area contributed by atoms with Crippen molar-refractivity contribution < 1.29 is 31.9 Å². The smallest absolute Gasteiger partial charge is 0.435 e. The van der Waals surface area contributed by atoms with Gasteiger partial charge >= 0.3 is 12.1 Å². The van der Waals surface area contributed by atoms with Gasteiger partial charge in [-0.3, -0.25) is 18.8 Å². The van der Waals surface area contributed by atoms with E-state index in [2.05, 4.69) is 20.4 Å². The van der Waals surface area contributed by atoms with Crippen molar-refractivity contribution in [3.8, 4) is 5.82 Å². The van der Waals surface area contributed by atoms with Crippen LogP contribution in [0.4, 0.5) is 23.2 Å². The summed E-state index contributed by atoms with van der Waals surface area (Å²) in [6.07, 6.45) is -0.713. The number of aryl methyl sites for hydroxylation is 1. The van der Waals surface area contributed by atoms with Gasteiger partial charge in [-0.25, -0.2) is 14.4 Å². The Labute approximate surface area is 191 Å². The highest BCUT2D eigenvalue weighted by Crippen LogP contribution is 2.28. The monoisotopic (exact) mass is 482 g/mol. The second-order valence-electron chi connectivity index (χ2n) is 7.92. The molecule has 0 radical (unpaired) electrons. The van der Waals surface area contributed by atoms with Crippen molar-refractivity contribution in [2.24, 2.45) is 0 Å². The number of nitrogens with zero attached hydrogens (tertiary/aromatic N) is 5. The molecule has 0 atom stereocenters. The largest absolute Gasteiger partial charge is 0.465 e. The molecule has 13 heteroatoms. The first-order valence-electron chi connectivity index (χ1n) is 10.1. The van der Waals surface area contributed by atoms with Gasteiger partial charge in [0.25, 0.3) is 0 Å². The van der Waals surface area contributed by atoms with Gasteiger partial charge in [-0.15, -0.1) is 0 Å². The molecule has 3 aromatic heterocycles. The van der Waals surface area contributed by atoms with E-state index in [0.717, 1.165) is 16.8 Å². The summed E-state index contributed by atoms with van der Waals surface area (Å²) in [7, 11) is 0. The molecule has 0 bridgehead atoms. The number of carbonyl (C=O) groups excluding carboxylic acids is 2. The summed E-state index contributed by atoms with van der Waals surface area (Å²) in [5.74, 6) is -2.13.